The number of Topliss-reactive ketones (excluding diaryl/α,β-unsaturated/α-hetero) is 1. The van der Waals surface area contributed by atoms with Gasteiger partial charge in [0, 0.05) is 12.3 Å². The van der Waals surface area contributed by atoms with E-state index in [1.165, 1.54) is 38.5 Å². The average Bonchev–Trinajstić information content (AvgIpc) is 2.65. The van der Waals surface area contributed by atoms with Gasteiger partial charge < -0.3 is 0 Å². The molecule has 0 aromatic rings. The third-order valence-corrected chi connectivity index (χ3v) is 4.32. The number of hydrogen-bond acceptors (Lipinski definition) is 1. The molecular weight excluding hydrogens is 172 g/mol. The van der Waals surface area contributed by atoms with E-state index in [9.17, 15) is 4.79 Å². The smallest absolute Gasteiger partial charge is 0.136 e. The van der Waals surface area contributed by atoms with Crippen LogP contribution in [0, 0.1) is 17.8 Å². The van der Waals surface area contributed by atoms with Crippen LogP contribution in [-0.2, 0) is 4.79 Å². The van der Waals surface area contributed by atoms with E-state index in [4.69, 9.17) is 0 Å². The van der Waals surface area contributed by atoms with Crippen molar-refractivity contribution in [2.24, 2.45) is 17.8 Å². The minimum Gasteiger partial charge on any atom is -0.299 e. The van der Waals surface area contributed by atoms with Crippen LogP contribution in [0.1, 0.15) is 58.3 Å². The molecule has 3 unspecified atom stereocenters. The normalized spacial score (nSPS) is 38.9. The zero-order chi connectivity index (χ0) is 9.97. The summed E-state index contributed by atoms with van der Waals surface area (Å²) < 4.78 is 0. The van der Waals surface area contributed by atoms with Crippen LogP contribution in [0.15, 0.2) is 0 Å². The Bertz CT molecular complexity index is 209. The van der Waals surface area contributed by atoms with Crippen molar-refractivity contribution in [1.82, 2.24) is 0 Å². The fourth-order valence-electron chi connectivity index (χ4n) is 3.41. The van der Waals surface area contributed by atoms with E-state index in [1.807, 2.05) is 0 Å². The molecule has 0 radical (unpaired) electrons. The summed E-state index contributed by atoms with van der Waals surface area (Å²) in [6.45, 7) is 2.30. The molecule has 2 aliphatic carbocycles. The van der Waals surface area contributed by atoms with E-state index in [-0.39, 0.29) is 0 Å². The van der Waals surface area contributed by atoms with E-state index in [0.29, 0.717) is 11.7 Å². The summed E-state index contributed by atoms with van der Waals surface area (Å²) in [5, 5.41) is 0. The second-order valence-electron chi connectivity index (χ2n) is 5.17. The molecule has 0 aliphatic heterocycles. The predicted molar refractivity (Wildman–Crippen MR) is 58.1 cm³/mol. The van der Waals surface area contributed by atoms with Crippen LogP contribution in [0.5, 0.6) is 0 Å². The SMILES string of the molecule is CCC1CCCC(C2CCCC2=O)C1. The Labute approximate surface area is 87.3 Å². The van der Waals surface area contributed by atoms with Gasteiger partial charge in [0.05, 0.1) is 0 Å². The third kappa shape index (κ3) is 2.02. The molecule has 0 bridgehead atoms. The number of carbonyl (C=O) groups is 1. The van der Waals surface area contributed by atoms with Gasteiger partial charge in [-0.3, -0.25) is 4.79 Å². The summed E-state index contributed by atoms with van der Waals surface area (Å²) in [6.07, 6.45) is 9.99. The van der Waals surface area contributed by atoms with Crippen LogP contribution >= 0.6 is 0 Å². The van der Waals surface area contributed by atoms with Gasteiger partial charge in [0.2, 0.25) is 0 Å². The van der Waals surface area contributed by atoms with E-state index >= 15 is 0 Å². The lowest BCUT2D eigenvalue weighted by Gasteiger charge is -2.31. The molecule has 2 saturated carbocycles. The van der Waals surface area contributed by atoms with Crippen molar-refractivity contribution in [2.75, 3.05) is 0 Å². The highest BCUT2D eigenvalue weighted by molar-refractivity contribution is 5.83. The van der Waals surface area contributed by atoms with Gasteiger partial charge in [0.1, 0.15) is 5.78 Å². The second kappa shape index (κ2) is 4.46. The van der Waals surface area contributed by atoms with Crippen LogP contribution in [-0.4, -0.2) is 5.78 Å². The maximum absolute atomic E-state index is 11.7. The molecule has 2 fully saturated rings. The lowest BCUT2D eigenvalue weighted by atomic mass is 9.73. The summed E-state index contributed by atoms with van der Waals surface area (Å²) in [5.74, 6) is 2.71. The van der Waals surface area contributed by atoms with Gasteiger partial charge in [-0.15, -0.1) is 0 Å². The van der Waals surface area contributed by atoms with Gasteiger partial charge in [-0.1, -0.05) is 26.2 Å². The zero-order valence-electron chi connectivity index (χ0n) is 9.30. The number of ketones is 1. The molecule has 14 heavy (non-hydrogen) atoms. The van der Waals surface area contributed by atoms with Crippen molar-refractivity contribution < 1.29 is 4.79 Å². The Hall–Kier alpha value is -0.330. The fraction of sp³-hybridized carbons (Fsp3) is 0.923. The molecule has 3 atom stereocenters. The lowest BCUT2D eigenvalue weighted by molar-refractivity contribution is -0.122. The molecule has 2 aliphatic rings. The first-order valence-electron chi connectivity index (χ1n) is 6.34. The van der Waals surface area contributed by atoms with Gasteiger partial charge in [0.15, 0.2) is 0 Å². The maximum atomic E-state index is 11.7. The monoisotopic (exact) mass is 194 g/mol. The zero-order valence-corrected chi connectivity index (χ0v) is 9.30. The molecule has 1 heteroatoms. The topological polar surface area (TPSA) is 17.1 Å². The van der Waals surface area contributed by atoms with Crippen LogP contribution in [0.3, 0.4) is 0 Å². The molecule has 0 aromatic heterocycles. The molecule has 0 amide bonds. The Kier molecular flexibility index (Phi) is 3.25. The first kappa shape index (κ1) is 10.2. The van der Waals surface area contributed by atoms with Crippen molar-refractivity contribution in [1.29, 1.82) is 0 Å². The Balaban J connectivity index is 1.93. The van der Waals surface area contributed by atoms with E-state index in [2.05, 4.69) is 6.92 Å². The van der Waals surface area contributed by atoms with Gasteiger partial charge in [-0.2, -0.15) is 0 Å². The van der Waals surface area contributed by atoms with Crippen molar-refractivity contribution in [3.05, 3.63) is 0 Å². The van der Waals surface area contributed by atoms with E-state index < -0.39 is 0 Å². The first-order valence-corrected chi connectivity index (χ1v) is 6.34. The number of rotatable bonds is 2. The molecule has 0 spiro atoms. The molecule has 0 heterocycles. The quantitative estimate of drug-likeness (QED) is 0.656. The molecule has 0 saturated heterocycles. The van der Waals surface area contributed by atoms with E-state index in [1.54, 1.807) is 0 Å². The second-order valence-corrected chi connectivity index (χ2v) is 5.17. The Morgan fingerprint density at radius 2 is 2.07 bits per heavy atom. The van der Waals surface area contributed by atoms with Crippen molar-refractivity contribution in [3.8, 4) is 0 Å². The molecule has 1 nitrogen and oxygen atoms in total. The number of carbonyl (C=O) groups excluding carboxylic acids is 1. The van der Waals surface area contributed by atoms with Crippen molar-refractivity contribution >= 4 is 5.78 Å². The lowest BCUT2D eigenvalue weighted by Crippen LogP contribution is -2.25. The van der Waals surface area contributed by atoms with Gasteiger partial charge in [0.25, 0.3) is 0 Å². The van der Waals surface area contributed by atoms with Crippen molar-refractivity contribution in [2.45, 2.75) is 58.3 Å². The number of hydrogen-bond donors (Lipinski definition) is 0. The first-order chi connectivity index (χ1) is 6.81. The van der Waals surface area contributed by atoms with Gasteiger partial charge >= 0.3 is 0 Å². The summed E-state index contributed by atoms with van der Waals surface area (Å²) in [7, 11) is 0. The van der Waals surface area contributed by atoms with Crippen LogP contribution < -0.4 is 0 Å². The van der Waals surface area contributed by atoms with Gasteiger partial charge in [-0.25, -0.2) is 0 Å². The maximum Gasteiger partial charge on any atom is 0.136 e. The molecule has 0 N–H and O–H groups in total. The standard InChI is InChI=1S/C13H22O/c1-2-10-5-3-6-11(9-10)12-7-4-8-13(12)14/h10-12H,2-9H2,1H3. The summed E-state index contributed by atoms with van der Waals surface area (Å²) in [5.41, 5.74) is 0. The average molecular weight is 194 g/mol. The largest absolute Gasteiger partial charge is 0.299 e. The predicted octanol–water partition coefficient (Wildman–Crippen LogP) is 3.57. The van der Waals surface area contributed by atoms with Crippen LogP contribution in [0.2, 0.25) is 0 Å². The fourth-order valence-corrected chi connectivity index (χ4v) is 3.41. The Morgan fingerprint density at radius 3 is 2.71 bits per heavy atom. The minimum atomic E-state index is 0.462. The summed E-state index contributed by atoms with van der Waals surface area (Å²) in [6, 6.07) is 0. The third-order valence-electron chi connectivity index (χ3n) is 4.32. The molecule has 0 aromatic carbocycles. The highest BCUT2D eigenvalue weighted by Crippen LogP contribution is 2.40. The minimum absolute atomic E-state index is 0.462. The summed E-state index contributed by atoms with van der Waals surface area (Å²) >= 11 is 0. The van der Waals surface area contributed by atoms with Gasteiger partial charge in [-0.05, 0) is 37.5 Å². The van der Waals surface area contributed by atoms with Crippen LogP contribution in [0.4, 0.5) is 0 Å². The summed E-state index contributed by atoms with van der Waals surface area (Å²) in [4.78, 5) is 11.7. The highest BCUT2D eigenvalue weighted by Gasteiger charge is 2.34. The molecular formula is C13H22O. The Morgan fingerprint density at radius 1 is 1.21 bits per heavy atom. The van der Waals surface area contributed by atoms with Crippen molar-refractivity contribution in [3.63, 3.8) is 0 Å². The molecule has 80 valence electrons. The highest BCUT2D eigenvalue weighted by atomic mass is 16.1. The molecule has 2 rings (SSSR count). The van der Waals surface area contributed by atoms with Crippen LogP contribution in [0.25, 0.3) is 0 Å². The van der Waals surface area contributed by atoms with E-state index in [0.717, 1.165) is 24.7 Å².